The zero-order valence-electron chi connectivity index (χ0n) is 14.5. The van der Waals surface area contributed by atoms with E-state index in [2.05, 4.69) is 10.6 Å². The molecule has 1 heterocycles. The van der Waals surface area contributed by atoms with Gasteiger partial charge < -0.3 is 15.4 Å². The van der Waals surface area contributed by atoms with E-state index in [9.17, 15) is 14.9 Å². The van der Waals surface area contributed by atoms with Gasteiger partial charge in [-0.15, -0.1) is 0 Å². The summed E-state index contributed by atoms with van der Waals surface area (Å²) in [7, 11) is 0. The van der Waals surface area contributed by atoms with Crippen molar-refractivity contribution in [3.05, 3.63) is 63.7 Å². The van der Waals surface area contributed by atoms with Crippen molar-refractivity contribution in [3.8, 4) is 0 Å². The molecule has 136 valence electrons. The Balaban J connectivity index is 1.61. The molecule has 1 unspecified atom stereocenters. The van der Waals surface area contributed by atoms with Crippen LogP contribution in [0.4, 0.5) is 17.1 Å². The van der Waals surface area contributed by atoms with Crippen molar-refractivity contribution in [2.75, 3.05) is 17.2 Å². The molecule has 2 aromatic carbocycles. The number of amides is 1. The molecule has 0 saturated carbocycles. The van der Waals surface area contributed by atoms with Crippen LogP contribution in [0.3, 0.4) is 0 Å². The number of nitro benzene ring substituents is 1. The van der Waals surface area contributed by atoms with Crippen LogP contribution in [0, 0.1) is 17.0 Å². The first-order chi connectivity index (χ1) is 12.5. The van der Waals surface area contributed by atoms with E-state index in [1.165, 1.54) is 6.07 Å². The van der Waals surface area contributed by atoms with Crippen LogP contribution in [-0.2, 0) is 16.1 Å². The fourth-order valence-electron chi connectivity index (χ4n) is 2.94. The van der Waals surface area contributed by atoms with Gasteiger partial charge in [-0.1, -0.05) is 12.1 Å². The minimum absolute atomic E-state index is 0.106. The average molecular weight is 355 g/mol. The number of anilines is 2. The van der Waals surface area contributed by atoms with Gasteiger partial charge in [0.05, 0.1) is 4.92 Å². The van der Waals surface area contributed by atoms with Gasteiger partial charge in [0.2, 0.25) is 0 Å². The number of nitro groups is 1. The average Bonchev–Trinajstić information content (AvgIpc) is 3.15. The summed E-state index contributed by atoms with van der Waals surface area (Å²) in [5.41, 5.74) is 3.24. The van der Waals surface area contributed by atoms with Crippen LogP contribution in [0.15, 0.2) is 42.5 Å². The number of aryl methyl sites for hydroxylation is 1. The lowest BCUT2D eigenvalue weighted by Crippen LogP contribution is -2.26. The fraction of sp³-hybridized carbons (Fsp3) is 0.316. The van der Waals surface area contributed by atoms with Crippen molar-refractivity contribution < 1.29 is 14.5 Å². The van der Waals surface area contributed by atoms with Crippen molar-refractivity contribution in [1.82, 2.24) is 0 Å². The number of nitrogens with one attached hydrogen (secondary N) is 2. The van der Waals surface area contributed by atoms with E-state index in [-0.39, 0.29) is 22.6 Å². The monoisotopic (exact) mass is 355 g/mol. The Labute approximate surface area is 151 Å². The van der Waals surface area contributed by atoms with E-state index >= 15 is 0 Å². The molecule has 1 amide bonds. The highest BCUT2D eigenvalue weighted by Gasteiger charge is 2.23. The molecule has 0 aliphatic carbocycles. The van der Waals surface area contributed by atoms with Gasteiger partial charge in [-0.2, -0.15) is 0 Å². The van der Waals surface area contributed by atoms with Crippen LogP contribution < -0.4 is 10.6 Å². The smallest absolute Gasteiger partial charge is 0.272 e. The Bertz CT molecular complexity index is 816. The lowest BCUT2D eigenvalue weighted by Gasteiger charge is -2.12. The summed E-state index contributed by atoms with van der Waals surface area (Å²) in [6.45, 7) is 2.89. The van der Waals surface area contributed by atoms with Gasteiger partial charge in [0.25, 0.3) is 11.6 Å². The van der Waals surface area contributed by atoms with Crippen LogP contribution >= 0.6 is 0 Å². The molecular formula is C19H21N3O4. The minimum Gasteiger partial charge on any atom is -0.381 e. The summed E-state index contributed by atoms with van der Waals surface area (Å²) in [6, 6.07) is 12.5. The summed E-state index contributed by atoms with van der Waals surface area (Å²) < 4.78 is 5.39. The number of carbonyl (C=O) groups is 1. The summed E-state index contributed by atoms with van der Waals surface area (Å²) in [5, 5.41) is 17.0. The molecule has 1 aliphatic rings. The first-order valence-corrected chi connectivity index (χ1v) is 8.53. The molecule has 0 spiro atoms. The summed E-state index contributed by atoms with van der Waals surface area (Å²) in [4.78, 5) is 22.6. The lowest BCUT2D eigenvalue weighted by atomic mass is 10.1. The van der Waals surface area contributed by atoms with Gasteiger partial charge in [0.15, 0.2) is 0 Å². The van der Waals surface area contributed by atoms with Crippen LogP contribution in [0.2, 0.25) is 0 Å². The van der Waals surface area contributed by atoms with Crippen LogP contribution in [0.5, 0.6) is 0 Å². The van der Waals surface area contributed by atoms with Crippen molar-refractivity contribution in [2.45, 2.75) is 32.4 Å². The Morgan fingerprint density at radius 3 is 2.81 bits per heavy atom. The lowest BCUT2D eigenvalue weighted by molar-refractivity contribution is -0.385. The largest absolute Gasteiger partial charge is 0.381 e. The summed E-state index contributed by atoms with van der Waals surface area (Å²) in [5.74, 6) is -0.112. The number of carbonyl (C=O) groups excluding carboxylic acids is 1. The maximum absolute atomic E-state index is 12.1. The third-order valence-corrected chi connectivity index (χ3v) is 4.31. The van der Waals surface area contributed by atoms with E-state index in [0.717, 1.165) is 29.8 Å². The zero-order valence-corrected chi connectivity index (χ0v) is 14.5. The standard InChI is InChI=1S/C19H21N3O4/c1-13-10-15(7-8-17(13)22(24)25)20-12-14-4-2-5-16(11-14)21-19(23)18-6-3-9-26-18/h2,4-5,7-8,10-11,18,20H,3,6,9,12H2,1H3,(H,21,23). The Morgan fingerprint density at radius 2 is 2.12 bits per heavy atom. The number of hydrogen-bond acceptors (Lipinski definition) is 5. The highest BCUT2D eigenvalue weighted by Crippen LogP contribution is 2.22. The molecule has 2 aromatic rings. The predicted molar refractivity (Wildman–Crippen MR) is 99.2 cm³/mol. The van der Waals surface area contributed by atoms with E-state index < -0.39 is 0 Å². The molecule has 1 atom stereocenters. The summed E-state index contributed by atoms with van der Waals surface area (Å²) >= 11 is 0. The zero-order chi connectivity index (χ0) is 18.5. The normalized spacial score (nSPS) is 16.3. The van der Waals surface area contributed by atoms with Crippen LogP contribution in [-0.4, -0.2) is 23.5 Å². The van der Waals surface area contributed by atoms with Crippen molar-refractivity contribution >= 4 is 23.0 Å². The quantitative estimate of drug-likeness (QED) is 0.609. The third-order valence-electron chi connectivity index (χ3n) is 4.31. The van der Waals surface area contributed by atoms with Gasteiger partial charge in [0, 0.05) is 36.2 Å². The molecule has 1 saturated heterocycles. The van der Waals surface area contributed by atoms with Gasteiger partial charge in [0.1, 0.15) is 6.10 Å². The van der Waals surface area contributed by atoms with E-state index in [0.29, 0.717) is 18.7 Å². The van der Waals surface area contributed by atoms with E-state index in [4.69, 9.17) is 4.74 Å². The molecule has 7 heteroatoms. The number of ether oxygens (including phenoxy) is 1. The second kappa shape index (κ2) is 7.97. The Kier molecular flexibility index (Phi) is 5.48. The van der Waals surface area contributed by atoms with Crippen molar-refractivity contribution in [1.29, 1.82) is 0 Å². The first kappa shape index (κ1) is 17.9. The Hall–Kier alpha value is -2.93. The maximum Gasteiger partial charge on any atom is 0.272 e. The fourth-order valence-corrected chi connectivity index (χ4v) is 2.94. The maximum atomic E-state index is 12.1. The third kappa shape index (κ3) is 4.37. The molecule has 0 aromatic heterocycles. The molecule has 7 nitrogen and oxygen atoms in total. The highest BCUT2D eigenvalue weighted by molar-refractivity contribution is 5.94. The van der Waals surface area contributed by atoms with Gasteiger partial charge >= 0.3 is 0 Å². The highest BCUT2D eigenvalue weighted by atomic mass is 16.6. The van der Waals surface area contributed by atoms with E-state index in [1.807, 2.05) is 24.3 Å². The van der Waals surface area contributed by atoms with Crippen LogP contribution in [0.25, 0.3) is 0 Å². The second-order valence-electron chi connectivity index (χ2n) is 6.30. The van der Waals surface area contributed by atoms with E-state index in [1.54, 1.807) is 19.1 Å². The predicted octanol–water partition coefficient (Wildman–Crippen LogP) is 3.63. The number of benzene rings is 2. The second-order valence-corrected chi connectivity index (χ2v) is 6.30. The van der Waals surface area contributed by atoms with Gasteiger partial charge in [-0.3, -0.25) is 14.9 Å². The molecule has 2 N–H and O–H groups in total. The first-order valence-electron chi connectivity index (χ1n) is 8.53. The van der Waals surface area contributed by atoms with Crippen molar-refractivity contribution in [2.24, 2.45) is 0 Å². The molecule has 0 radical (unpaired) electrons. The van der Waals surface area contributed by atoms with Gasteiger partial charge in [-0.25, -0.2) is 0 Å². The SMILES string of the molecule is Cc1cc(NCc2cccc(NC(=O)C3CCCO3)c2)ccc1[N+](=O)[O-]. The summed E-state index contributed by atoms with van der Waals surface area (Å²) in [6.07, 6.45) is 1.31. The molecule has 26 heavy (non-hydrogen) atoms. The van der Waals surface area contributed by atoms with Gasteiger partial charge in [-0.05, 0) is 49.6 Å². The molecule has 1 fully saturated rings. The molecule has 3 rings (SSSR count). The minimum atomic E-state index is -0.390. The van der Waals surface area contributed by atoms with Crippen LogP contribution in [0.1, 0.15) is 24.0 Å². The topological polar surface area (TPSA) is 93.5 Å². The number of nitrogens with zero attached hydrogens (tertiary/aromatic N) is 1. The van der Waals surface area contributed by atoms with Crippen molar-refractivity contribution in [3.63, 3.8) is 0 Å². The number of hydrogen-bond donors (Lipinski definition) is 2. The molecule has 0 bridgehead atoms. The number of rotatable bonds is 6. The Morgan fingerprint density at radius 1 is 1.27 bits per heavy atom. The molecule has 1 aliphatic heterocycles. The molecular weight excluding hydrogens is 334 g/mol.